The summed E-state index contributed by atoms with van der Waals surface area (Å²) in [5, 5.41) is 7.05. The summed E-state index contributed by atoms with van der Waals surface area (Å²) < 4.78 is 4.84. The number of nitrogens with zero attached hydrogens (tertiary/aromatic N) is 1. The van der Waals surface area contributed by atoms with E-state index in [1.165, 1.54) is 31.2 Å². The van der Waals surface area contributed by atoms with Crippen LogP contribution in [0, 0.1) is 12.8 Å². The first kappa shape index (κ1) is 22.1. The fourth-order valence-electron chi connectivity index (χ4n) is 3.78. The van der Waals surface area contributed by atoms with Gasteiger partial charge in [-0.15, -0.1) is 0 Å². The van der Waals surface area contributed by atoms with Crippen LogP contribution in [0.15, 0.2) is 42.5 Å². The van der Waals surface area contributed by atoms with Crippen LogP contribution in [0.1, 0.15) is 54.2 Å². The zero-order valence-electron chi connectivity index (χ0n) is 18.2. The lowest BCUT2D eigenvalue weighted by Crippen LogP contribution is -2.33. The van der Waals surface area contributed by atoms with Crippen LogP contribution in [-0.4, -0.2) is 31.3 Å². The minimum Gasteiger partial charge on any atom is -0.465 e. The Morgan fingerprint density at radius 2 is 1.83 bits per heavy atom. The largest absolute Gasteiger partial charge is 0.465 e. The molecule has 1 aliphatic rings. The third-order valence-electron chi connectivity index (χ3n) is 5.88. The molecule has 0 unspecified atom stereocenters. The quantitative estimate of drug-likeness (QED) is 0.516. The summed E-state index contributed by atoms with van der Waals surface area (Å²) in [5.41, 5.74) is 4.58. The fourth-order valence-corrected chi connectivity index (χ4v) is 4.07. The smallest absolute Gasteiger partial charge is 0.338 e. The molecule has 2 aromatic rings. The Kier molecular flexibility index (Phi) is 7.32. The van der Waals surface area contributed by atoms with E-state index in [1.807, 2.05) is 19.1 Å². The lowest BCUT2D eigenvalue weighted by molar-refractivity contribution is 0.0600. The highest BCUT2D eigenvalue weighted by Gasteiger charge is 2.17. The lowest BCUT2D eigenvalue weighted by Gasteiger charge is -2.32. The zero-order chi connectivity index (χ0) is 21.7. The third kappa shape index (κ3) is 5.30. The van der Waals surface area contributed by atoms with Crippen molar-refractivity contribution in [2.24, 2.45) is 5.92 Å². The van der Waals surface area contributed by atoms with Gasteiger partial charge in [-0.05, 0) is 80.2 Å². The molecule has 3 rings (SSSR count). The Labute approximate surface area is 184 Å². The maximum atomic E-state index is 11.9. The summed E-state index contributed by atoms with van der Waals surface area (Å²) in [6.45, 7) is 8.56. The molecule has 0 saturated carbocycles. The van der Waals surface area contributed by atoms with Crippen LogP contribution >= 0.6 is 12.2 Å². The summed E-state index contributed by atoms with van der Waals surface area (Å²) in [5.74, 6) is 0.474. The number of rotatable bonds is 5. The van der Waals surface area contributed by atoms with Crippen molar-refractivity contribution in [2.45, 2.75) is 39.7 Å². The first-order valence-corrected chi connectivity index (χ1v) is 10.9. The van der Waals surface area contributed by atoms with E-state index in [-0.39, 0.29) is 12.0 Å². The van der Waals surface area contributed by atoms with Gasteiger partial charge >= 0.3 is 5.97 Å². The van der Waals surface area contributed by atoms with Gasteiger partial charge in [0.25, 0.3) is 0 Å². The average molecular weight is 426 g/mol. The second kappa shape index (κ2) is 9.94. The van der Waals surface area contributed by atoms with Gasteiger partial charge < -0.3 is 20.3 Å². The van der Waals surface area contributed by atoms with Crippen molar-refractivity contribution in [2.75, 3.05) is 30.4 Å². The minimum atomic E-state index is -0.355. The molecular formula is C24H31N3O2S. The number of carbonyl (C=O) groups excluding carboxylic acids is 1. The van der Waals surface area contributed by atoms with E-state index in [9.17, 15) is 4.79 Å². The molecule has 1 aliphatic heterocycles. The molecule has 0 aliphatic carbocycles. The van der Waals surface area contributed by atoms with Gasteiger partial charge in [0, 0.05) is 24.5 Å². The standard InChI is InChI=1S/C24H31N3O2S/c1-16-12-14-27(15-13-16)20-10-8-19(9-11-20)18(3)25-24(30)26-22-7-5-6-21(17(22)2)23(28)29-4/h5-11,16,18H,12-15H2,1-4H3,(H2,25,26,30)/t18-/m0/s1. The monoisotopic (exact) mass is 425 g/mol. The number of thiocarbonyl (C=S) groups is 1. The van der Waals surface area contributed by atoms with Crippen molar-refractivity contribution in [1.82, 2.24) is 5.32 Å². The molecule has 0 aromatic heterocycles. The summed E-state index contributed by atoms with van der Waals surface area (Å²) >= 11 is 5.50. The van der Waals surface area contributed by atoms with Crippen LogP contribution in [-0.2, 0) is 4.74 Å². The number of hydrogen-bond donors (Lipinski definition) is 2. The van der Waals surface area contributed by atoms with Crippen molar-refractivity contribution in [3.63, 3.8) is 0 Å². The van der Waals surface area contributed by atoms with E-state index < -0.39 is 0 Å². The van der Waals surface area contributed by atoms with Gasteiger partial charge in [0.2, 0.25) is 0 Å². The van der Waals surface area contributed by atoms with Crippen LogP contribution in [0.2, 0.25) is 0 Å². The molecule has 30 heavy (non-hydrogen) atoms. The van der Waals surface area contributed by atoms with Gasteiger partial charge in [-0.2, -0.15) is 0 Å². The first-order chi connectivity index (χ1) is 14.4. The molecule has 160 valence electrons. The number of benzene rings is 2. The van der Waals surface area contributed by atoms with Crippen molar-refractivity contribution >= 4 is 34.7 Å². The predicted molar refractivity (Wildman–Crippen MR) is 127 cm³/mol. The maximum absolute atomic E-state index is 11.9. The number of hydrogen-bond acceptors (Lipinski definition) is 4. The lowest BCUT2D eigenvalue weighted by atomic mass is 9.98. The molecule has 1 atom stereocenters. The van der Waals surface area contributed by atoms with Gasteiger partial charge in [-0.25, -0.2) is 4.79 Å². The molecule has 1 heterocycles. The Morgan fingerprint density at radius 3 is 2.47 bits per heavy atom. The number of carbonyl (C=O) groups is 1. The molecule has 0 bridgehead atoms. The number of ether oxygens (including phenoxy) is 1. The molecule has 1 saturated heterocycles. The van der Waals surface area contributed by atoms with E-state index in [0.717, 1.165) is 30.3 Å². The molecule has 2 aromatic carbocycles. The molecular weight excluding hydrogens is 394 g/mol. The molecule has 5 nitrogen and oxygen atoms in total. The van der Waals surface area contributed by atoms with Crippen LogP contribution < -0.4 is 15.5 Å². The minimum absolute atomic E-state index is 0.0597. The number of esters is 1. The van der Waals surface area contributed by atoms with E-state index in [1.54, 1.807) is 6.07 Å². The van der Waals surface area contributed by atoms with Gasteiger partial charge in [-0.1, -0.05) is 25.1 Å². The predicted octanol–water partition coefficient (Wildman–Crippen LogP) is 5.07. The summed E-state index contributed by atoms with van der Waals surface area (Å²) in [4.78, 5) is 14.4. The highest BCUT2D eigenvalue weighted by atomic mass is 32.1. The number of anilines is 2. The van der Waals surface area contributed by atoms with E-state index in [4.69, 9.17) is 17.0 Å². The Balaban J connectivity index is 1.60. The Morgan fingerprint density at radius 1 is 1.17 bits per heavy atom. The topological polar surface area (TPSA) is 53.6 Å². The Hall–Kier alpha value is -2.60. The van der Waals surface area contributed by atoms with Crippen molar-refractivity contribution in [1.29, 1.82) is 0 Å². The zero-order valence-corrected chi connectivity index (χ0v) is 19.0. The van der Waals surface area contributed by atoms with E-state index in [0.29, 0.717) is 10.7 Å². The van der Waals surface area contributed by atoms with Crippen molar-refractivity contribution in [3.05, 3.63) is 59.2 Å². The summed E-state index contributed by atoms with van der Waals surface area (Å²) in [6.07, 6.45) is 2.52. The molecule has 2 N–H and O–H groups in total. The van der Waals surface area contributed by atoms with Gasteiger partial charge in [-0.3, -0.25) is 0 Å². The molecule has 0 radical (unpaired) electrons. The summed E-state index contributed by atoms with van der Waals surface area (Å²) in [6, 6.07) is 14.2. The van der Waals surface area contributed by atoms with Crippen LogP contribution in [0.4, 0.5) is 11.4 Å². The van der Waals surface area contributed by atoms with Crippen LogP contribution in [0.3, 0.4) is 0 Å². The van der Waals surface area contributed by atoms with Gasteiger partial charge in [0.15, 0.2) is 5.11 Å². The second-order valence-corrected chi connectivity index (χ2v) is 8.46. The number of methoxy groups -OCH3 is 1. The average Bonchev–Trinajstić information content (AvgIpc) is 2.75. The third-order valence-corrected chi connectivity index (χ3v) is 6.10. The first-order valence-electron chi connectivity index (χ1n) is 10.5. The number of nitrogens with one attached hydrogen (secondary N) is 2. The SMILES string of the molecule is COC(=O)c1cccc(NC(=S)N[C@@H](C)c2ccc(N3CCC(C)CC3)cc2)c1C. The van der Waals surface area contributed by atoms with E-state index >= 15 is 0 Å². The molecule has 6 heteroatoms. The van der Waals surface area contributed by atoms with Gasteiger partial charge in [0.1, 0.15) is 0 Å². The highest BCUT2D eigenvalue weighted by molar-refractivity contribution is 7.80. The van der Waals surface area contributed by atoms with Gasteiger partial charge in [0.05, 0.1) is 18.7 Å². The van der Waals surface area contributed by atoms with Crippen molar-refractivity contribution in [3.8, 4) is 0 Å². The number of piperidine rings is 1. The van der Waals surface area contributed by atoms with E-state index in [2.05, 4.69) is 53.6 Å². The Bertz CT molecular complexity index is 890. The second-order valence-electron chi connectivity index (χ2n) is 8.05. The normalized spacial score (nSPS) is 15.4. The van der Waals surface area contributed by atoms with Crippen molar-refractivity contribution < 1.29 is 9.53 Å². The molecule has 0 spiro atoms. The van der Waals surface area contributed by atoms with Crippen LogP contribution in [0.5, 0.6) is 0 Å². The molecule has 1 fully saturated rings. The maximum Gasteiger partial charge on any atom is 0.338 e. The molecule has 0 amide bonds. The highest BCUT2D eigenvalue weighted by Crippen LogP contribution is 2.25. The fraction of sp³-hybridized carbons (Fsp3) is 0.417. The van der Waals surface area contributed by atoms with Crippen LogP contribution in [0.25, 0.3) is 0 Å². The summed E-state index contributed by atoms with van der Waals surface area (Å²) in [7, 11) is 1.38.